The number of nitrogens with zero attached hydrogens (tertiary/aromatic N) is 3. The molecule has 6 rings (SSSR count). The molecule has 0 aromatic heterocycles. The molecule has 35 heavy (non-hydrogen) atoms. The summed E-state index contributed by atoms with van der Waals surface area (Å²) in [4.78, 5) is 14.3. The fourth-order valence-electron chi connectivity index (χ4n) is 5.24. The first-order valence-electron chi connectivity index (χ1n) is 10.9. The Morgan fingerprint density at radius 2 is 1.86 bits per heavy atom. The summed E-state index contributed by atoms with van der Waals surface area (Å²) in [6, 6.07) is 13.0. The van der Waals surface area contributed by atoms with E-state index in [0.717, 1.165) is 15.9 Å². The van der Waals surface area contributed by atoms with Gasteiger partial charge >= 0.3 is 12.3 Å². The van der Waals surface area contributed by atoms with Crippen LogP contribution >= 0.6 is 0 Å². The Labute approximate surface area is 200 Å². The number of benzene rings is 2. The second kappa shape index (κ2) is 8.30. The lowest BCUT2D eigenvalue weighted by Gasteiger charge is -2.46. The van der Waals surface area contributed by atoms with Crippen molar-refractivity contribution in [2.24, 2.45) is 11.8 Å². The molecule has 2 bridgehead atoms. The van der Waals surface area contributed by atoms with Gasteiger partial charge in [0, 0.05) is 24.9 Å². The van der Waals surface area contributed by atoms with E-state index in [0.29, 0.717) is 6.07 Å². The van der Waals surface area contributed by atoms with Gasteiger partial charge in [0.05, 0.1) is 34.2 Å². The number of halogens is 3. The fourth-order valence-corrected chi connectivity index (χ4v) is 7.62. The Morgan fingerprint density at radius 1 is 1.11 bits per heavy atom. The number of sulfonamides is 1. The molecule has 2 aromatic carbocycles. The largest absolute Gasteiger partial charge is 0.445 e. The van der Waals surface area contributed by atoms with Crippen LogP contribution in [0.1, 0.15) is 16.7 Å². The molecule has 11 heteroatoms. The minimum absolute atomic E-state index is 0.0707. The Balaban J connectivity index is 1.40. The Hall–Kier alpha value is -3.52. The first kappa shape index (κ1) is 23.2. The van der Waals surface area contributed by atoms with E-state index < -0.39 is 56.5 Å². The number of piperidine rings is 1. The maximum absolute atomic E-state index is 13.5. The average Bonchev–Trinajstić information content (AvgIpc) is 3.15. The number of ether oxygens (including phenoxy) is 1. The van der Waals surface area contributed by atoms with Gasteiger partial charge in [0.2, 0.25) is 10.0 Å². The SMILES string of the molecule is N#Cc1ccc(N2C[C@H]3[C@H]([C@@H]4C=C[C@H]3N(C(=O)OCc3ccccc3)C4)S2(=O)=O)cc1C(F)(F)F. The molecule has 2 saturated heterocycles. The third-order valence-corrected chi connectivity index (χ3v) is 9.15. The monoisotopic (exact) mass is 503 g/mol. The number of rotatable bonds is 3. The van der Waals surface area contributed by atoms with Crippen molar-refractivity contribution >= 4 is 21.8 Å². The smallest absolute Gasteiger partial charge is 0.417 e. The number of hydrogen-bond acceptors (Lipinski definition) is 5. The van der Waals surface area contributed by atoms with E-state index >= 15 is 0 Å². The molecular weight excluding hydrogens is 483 g/mol. The summed E-state index contributed by atoms with van der Waals surface area (Å²) < 4.78 is 73.7. The molecule has 4 atom stereocenters. The van der Waals surface area contributed by atoms with Crippen LogP contribution in [-0.2, 0) is 27.5 Å². The van der Waals surface area contributed by atoms with Gasteiger partial charge in [-0.15, -0.1) is 0 Å². The van der Waals surface area contributed by atoms with E-state index in [2.05, 4.69) is 0 Å². The van der Waals surface area contributed by atoms with E-state index in [1.54, 1.807) is 12.2 Å². The lowest BCUT2D eigenvalue weighted by Crippen LogP contribution is -2.59. The highest BCUT2D eigenvalue weighted by atomic mass is 32.2. The van der Waals surface area contributed by atoms with Crippen molar-refractivity contribution in [3.8, 4) is 6.07 Å². The maximum atomic E-state index is 13.5. The van der Waals surface area contributed by atoms with Crippen molar-refractivity contribution in [1.29, 1.82) is 5.26 Å². The molecule has 3 aliphatic heterocycles. The molecule has 0 unspecified atom stereocenters. The number of amides is 1. The zero-order valence-electron chi connectivity index (χ0n) is 18.2. The van der Waals surface area contributed by atoms with Gasteiger partial charge in [-0.1, -0.05) is 42.5 Å². The normalized spacial score (nSPS) is 26.3. The van der Waals surface area contributed by atoms with Gasteiger partial charge in [-0.05, 0) is 23.8 Å². The van der Waals surface area contributed by atoms with Crippen LogP contribution in [0, 0.1) is 23.2 Å². The lowest BCUT2D eigenvalue weighted by molar-refractivity contribution is -0.137. The summed E-state index contributed by atoms with van der Waals surface area (Å²) in [5.41, 5.74) is -1.10. The zero-order chi connectivity index (χ0) is 25.0. The van der Waals surface area contributed by atoms with Gasteiger partial charge in [-0.3, -0.25) is 4.31 Å². The Morgan fingerprint density at radius 3 is 2.54 bits per heavy atom. The molecule has 3 heterocycles. The number of hydrogen-bond donors (Lipinski definition) is 0. The van der Waals surface area contributed by atoms with Crippen molar-refractivity contribution in [3.63, 3.8) is 0 Å². The molecule has 182 valence electrons. The van der Waals surface area contributed by atoms with Crippen LogP contribution in [0.2, 0.25) is 0 Å². The van der Waals surface area contributed by atoms with Gasteiger partial charge in [-0.25, -0.2) is 13.2 Å². The van der Waals surface area contributed by atoms with Crippen LogP contribution in [0.5, 0.6) is 0 Å². The van der Waals surface area contributed by atoms with Crippen LogP contribution in [0.15, 0.2) is 60.7 Å². The standard InChI is InChI=1S/C24H20F3N3O4S/c25-24(26,27)20-10-18(8-6-16(20)11-28)30-13-19-21-9-7-17(22(19)35(30,32)33)12-29(21)23(31)34-14-15-4-2-1-3-5-15/h1-10,17,19,21-22H,12-14H2/t17-,19-,21-,22+/m1/s1. The van der Waals surface area contributed by atoms with Crippen molar-refractivity contribution in [1.82, 2.24) is 4.90 Å². The summed E-state index contributed by atoms with van der Waals surface area (Å²) in [6.45, 7) is 0.135. The number of fused-ring (bicyclic) bond motifs is 1. The summed E-state index contributed by atoms with van der Waals surface area (Å²) in [5, 5.41) is 8.18. The molecule has 1 aliphatic carbocycles. The van der Waals surface area contributed by atoms with Crippen molar-refractivity contribution in [2.75, 3.05) is 17.4 Å². The van der Waals surface area contributed by atoms with E-state index in [1.807, 2.05) is 30.3 Å². The lowest BCUT2D eigenvalue weighted by atomic mass is 9.77. The fraction of sp³-hybridized carbons (Fsp3) is 0.333. The number of carbonyl (C=O) groups is 1. The molecule has 0 radical (unpaired) electrons. The minimum Gasteiger partial charge on any atom is -0.445 e. The van der Waals surface area contributed by atoms with Gasteiger partial charge in [-0.2, -0.15) is 18.4 Å². The van der Waals surface area contributed by atoms with Crippen molar-refractivity contribution in [2.45, 2.75) is 24.1 Å². The predicted octanol–water partition coefficient (Wildman–Crippen LogP) is 3.92. The summed E-state index contributed by atoms with van der Waals surface area (Å²) in [5.74, 6) is -1.04. The predicted molar refractivity (Wildman–Crippen MR) is 119 cm³/mol. The van der Waals surface area contributed by atoms with E-state index in [4.69, 9.17) is 10.00 Å². The second-order valence-corrected chi connectivity index (χ2v) is 10.8. The zero-order valence-corrected chi connectivity index (χ0v) is 19.0. The molecule has 7 nitrogen and oxygen atoms in total. The van der Waals surface area contributed by atoms with E-state index in [-0.39, 0.29) is 25.4 Å². The number of anilines is 1. The molecule has 1 amide bonds. The van der Waals surface area contributed by atoms with Crippen LogP contribution in [0.3, 0.4) is 0 Å². The summed E-state index contributed by atoms with van der Waals surface area (Å²) >= 11 is 0. The van der Waals surface area contributed by atoms with E-state index in [9.17, 15) is 26.4 Å². The van der Waals surface area contributed by atoms with Crippen molar-refractivity contribution in [3.05, 3.63) is 77.4 Å². The first-order chi connectivity index (χ1) is 16.6. The van der Waals surface area contributed by atoms with Gasteiger partial charge < -0.3 is 9.64 Å². The van der Waals surface area contributed by atoms with Crippen molar-refractivity contribution < 1.29 is 31.1 Å². The van der Waals surface area contributed by atoms with Crippen LogP contribution < -0.4 is 4.31 Å². The molecule has 0 saturated carbocycles. The molecule has 4 aliphatic rings. The number of carbonyl (C=O) groups excluding carboxylic acids is 1. The molecular formula is C24H20F3N3O4S. The number of alkyl halides is 3. The summed E-state index contributed by atoms with van der Waals surface area (Å²) in [7, 11) is -4.01. The third kappa shape index (κ3) is 3.91. The Bertz CT molecular complexity index is 1340. The average molecular weight is 504 g/mol. The highest BCUT2D eigenvalue weighted by Crippen LogP contribution is 2.47. The highest BCUT2D eigenvalue weighted by molar-refractivity contribution is 7.93. The third-order valence-electron chi connectivity index (χ3n) is 6.79. The minimum atomic E-state index is -4.81. The maximum Gasteiger partial charge on any atom is 0.417 e. The highest BCUT2D eigenvalue weighted by Gasteiger charge is 2.59. The molecule has 2 fully saturated rings. The van der Waals surface area contributed by atoms with Gasteiger partial charge in [0.25, 0.3) is 0 Å². The quantitative estimate of drug-likeness (QED) is 0.593. The molecule has 2 aromatic rings. The van der Waals surface area contributed by atoms with Crippen LogP contribution in [-0.4, -0.2) is 43.8 Å². The van der Waals surface area contributed by atoms with Crippen LogP contribution in [0.25, 0.3) is 0 Å². The van der Waals surface area contributed by atoms with Gasteiger partial charge in [0.15, 0.2) is 0 Å². The second-order valence-electron chi connectivity index (χ2n) is 8.78. The molecule has 0 N–H and O–H groups in total. The van der Waals surface area contributed by atoms with Gasteiger partial charge in [0.1, 0.15) is 6.61 Å². The first-order valence-corrected chi connectivity index (χ1v) is 12.4. The number of nitriles is 1. The summed E-state index contributed by atoms with van der Waals surface area (Å²) in [6.07, 6.45) is -1.84. The Kier molecular flexibility index (Phi) is 5.51. The van der Waals surface area contributed by atoms with Crippen LogP contribution in [0.4, 0.5) is 23.7 Å². The topological polar surface area (TPSA) is 90.7 Å². The molecule has 0 spiro atoms. The van der Waals surface area contributed by atoms with E-state index in [1.165, 1.54) is 17.0 Å².